The first kappa shape index (κ1) is 52.1. The van der Waals surface area contributed by atoms with Gasteiger partial charge in [-0.15, -0.1) is 0 Å². The SMILES string of the molecule is COc1ccccc1CC(C)N(C)C(=O)OCOC(=O)C1(N)CC1.COc1ccccc1CC(C)N(C)C(=O)OCOC(=O)C1(NC(=O)OC(C)(C)C)CC1.O=C(O)C(F)(F)F. The Balaban J connectivity index is 0.000000378. The average Bonchev–Trinajstić information content (AvgIpc) is 4.14. The number of ether oxygens (including phenoxy) is 7. The molecular formula is C41H57F3N4O14. The van der Waals surface area contributed by atoms with E-state index < -0.39 is 72.6 Å². The van der Waals surface area contributed by atoms with Gasteiger partial charge in [0.1, 0.15) is 28.2 Å². The van der Waals surface area contributed by atoms with Gasteiger partial charge in [-0.2, -0.15) is 13.2 Å². The number of alkyl carbamates (subject to hydrolysis) is 1. The Bertz CT molecular complexity index is 1850. The second-order valence-corrected chi connectivity index (χ2v) is 15.5. The number of esters is 2. The van der Waals surface area contributed by atoms with E-state index in [4.69, 9.17) is 48.8 Å². The molecule has 2 saturated carbocycles. The number of aliphatic carboxylic acids is 1. The van der Waals surface area contributed by atoms with Gasteiger partial charge in [0.15, 0.2) is 0 Å². The van der Waals surface area contributed by atoms with Gasteiger partial charge in [0, 0.05) is 26.2 Å². The van der Waals surface area contributed by atoms with E-state index in [9.17, 15) is 37.1 Å². The predicted octanol–water partition coefficient (Wildman–Crippen LogP) is 5.57. The van der Waals surface area contributed by atoms with E-state index in [2.05, 4.69) is 5.32 Å². The van der Waals surface area contributed by atoms with Gasteiger partial charge in [-0.3, -0.25) is 0 Å². The molecule has 0 heterocycles. The van der Waals surface area contributed by atoms with Crippen molar-refractivity contribution in [1.82, 2.24) is 15.1 Å². The summed E-state index contributed by atoms with van der Waals surface area (Å²) in [5.74, 6) is -2.42. The number of hydrogen-bond donors (Lipinski definition) is 3. The third-order valence-corrected chi connectivity index (χ3v) is 9.38. The lowest BCUT2D eigenvalue weighted by Gasteiger charge is -2.25. The molecule has 2 atom stereocenters. The molecule has 0 bridgehead atoms. The molecule has 2 fully saturated rings. The summed E-state index contributed by atoms with van der Waals surface area (Å²) in [4.78, 5) is 71.9. The number of carbonyl (C=O) groups is 6. The quantitative estimate of drug-likeness (QED) is 0.113. The van der Waals surface area contributed by atoms with Crippen LogP contribution >= 0.6 is 0 Å². The van der Waals surface area contributed by atoms with Gasteiger partial charge in [0.05, 0.1) is 14.2 Å². The summed E-state index contributed by atoms with van der Waals surface area (Å²) in [6.07, 6.45) is -3.69. The number of nitrogens with one attached hydrogen (secondary N) is 1. The highest BCUT2D eigenvalue weighted by Crippen LogP contribution is 2.37. The Labute approximate surface area is 358 Å². The van der Waals surface area contributed by atoms with E-state index in [1.54, 1.807) is 49.1 Å². The first-order chi connectivity index (χ1) is 28.8. The summed E-state index contributed by atoms with van der Waals surface area (Å²) >= 11 is 0. The number of halogens is 3. The van der Waals surface area contributed by atoms with Crippen LogP contribution in [0.5, 0.6) is 11.5 Å². The van der Waals surface area contributed by atoms with Gasteiger partial charge in [-0.1, -0.05) is 36.4 Å². The Morgan fingerprint density at radius 1 is 0.726 bits per heavy atom. The number of nitrogens with zero attached hydrogens (tertiary/aromatic N) is 2. The Morgan fingerprint density at radius 2 is 1.11 bits per heavy atom. The topological polar surface area (TPSA) is 232 Å². The first-order valence-corrected chi connectivity index (χ1v) is 19.3. The summed E-state index contributed by atoms with van der Waals surface area (Å²) in [6, 6.07) is 14.9. The fourth-order valence-electron chi connectivity index (χ4n) is 5.11. The maximum Gasteiger partial charge on any atom is 0.490 e. The van der Waals surface area contributed by atoms with Gasteiger partial charge >= 0.3 is 42.4 Å². The zero-order valence-corrected chi connectivity index (χ0v) is 36.3. The largest absolute Gasteiger partial charge is 0.496 e. The number of carboxylic acids is 1. The third-order valence-electron chi connectivity index (χ3n) is 9.38. The van der Waals surface area contributed by atoms with E-state index in [0.717, 1.165) is 22.6 Å². The number of methoxy groups -OCH3 is 2. The van der Waals surface area contributed by atoms with Crippen LogP contribution in [0.2, 0.25) is 0 Å². The second-order valence-electron chi connectivity index (χ2n) is 15.5. The highest BCUT2D eigenvalue weighted by molar-refractivity contribution is 5.89. The molecule has 0 aromatic heterocycles. The highest BCUT2D eigenvalue weighted by Gasteiger charge is 2.54. The maximum atomic E-state index is 12.3. The summed E-state index contributed by atoms with van der Waals surface area (Å²) in [6.45, 7) is 8.01. The minimum Gasteiger partial charge on any atom is -0.496 e. The molecule has 0 saturated heterocycles. The standard InChI is InChI=1S/C22H32N2O7.C17H24N2O5.C2HF3O2/c1-15(13-16-9-7-8-10-17(16)28-6)24(5)20(27)30-14-29-18(25)22(11-12-22)23-19(26)31-21(2,3)4;1-12(10-13-6-4-5-7-14(13)22-3)19(2)16(21)24-11-23-15(20)17(18)8-9-17;3-2(4,5)1(6)7/h7-10,15H,11-14H2,1-6H3,(H,23,26);4-7,12H,8-11,18H2,1-3H3;(H,6,7). The highest BCUT2D eigenvalue weighted by atomic mass is 19.4. The van der Waals surface area contributed by atoms with Gasteiger partial charge < -0.3 is 59.1 Å². The lowest BCUT2D eigenvalue weighted by molar-refractivity contribution is -0.192. The van der Waals surface area contributed by atoms with Gasteiger partial charge in [-0.05, 0) is 96.4 Å². The number of alkyl halides is 3. The molecule has 3 amide bonds. The van der Waals surface area contributed by atoms with Gasteiger partial charge in [0.2, 0.25) is 13.6 Å². The number of benzene rings is 2. The molecule has 2 aromatic rings. The molecule has 2 unspecified atom stereocenters. The van der Waals surface area contributed by atoms with E-state index in [0.29, 0.717) is 38.5 Å². The van der Waals surface area contributed by atoms with Crippen LogP contribution in [0, 0.1) is 0 Å². The van der Waals surface area contributed by atoms with Crippen LogP contribution in [0.25, 0.3) is 0 Å². The summed E-state index contributed by atoms with van der Waals surface area (Å²) in [7, 11) is 6.45. The Hall–Kier alpha value is -5.99. The van der Waals surface area contributed by atoms with E-state index in [1.807, 2.05) is 62.4 Å². The van der Waals surface area contributed by atoms with E-state index >= 15 is 0 Å². The van der Waals surface area contributed by atoms with Crippen molar-refractivity contribution in [3.8, 4) is 11.5 Å². The van der Waals surface area contributed by atoms with Crippen LogP contribution in [-0.4, -0.2) is 128 Å². The summed E-state index contributed by atoms with van der Waals surface area (Å²) in [5, 5.41) is 9.67. The first-order valence-electron chi connectivity index (χ1n) is 19.3. The normalized spacial score (nSPS) is 15.1. The van der Waals surface area contributed by atoms with Crippen molar-refractivity contribution < 1.29 is 80.2 Å². The lowest BCUT2D eigenvalue weighted by atomic mass is 10.1. The van der Waals surface area contributed by atoms with Crippen LogP contribution in [0.4, 0.5) is 27.6 Å². The number of para-hydroxylation sites is 2. The number of hydrogen-bond acceptors (Lipinski definition) is 14. The monoisotopic (exact) mass is 886 g/mol. The van der Waals surface area contributed by atoms with Crippen LogP contribution in [0.15, 0.2) is 48.5 Å². The van der Waals surface area contributed by atoms with Crippen LogP contribution in [-0.2, 0) is 50.9 Å². The molecule has 4 rings (SSSR count). The van der Waals surface area contributed by atoms with Crippen molar-refractivity contribution in [3.63, 3.8) is 0 Å². The molecule has 0 radical (unpaired) electrons. The molecule has 0 spiro atoms. The number of likely N-dealkylation sites (N-methyl/N-ethyl adjacent to an activating group) is 2. The number of carboxylic acid groups (broad SMARTS) is 1. The zero-order valence-electron chi connectivity index (χ0n) is 36.3. The van der Waals surface area contributed by atoms with E-state index in [-0.39, 0.29) is 12.1 Å². The fourth-order valence-corrected chi connectivity index (χ4v) is 5.11. The molecule has 2 aliphatic rings. The van der Waals surface area contributed by atoms with Crippen LogP contribution < -0.4 is 20.5 Å². The summed E-state index contributed by atoms with van der Waals surface area (Å²) in [5.41, 5.74) is 4.99. The molecule has 2 aliphatic carbocycles. The van der Waals surface area contributed by atoms with E-state index in [1.165, 1.54) is 9.80 Å². The molecule has 62 heavy (non-hydrogen) atoms. The zero-order chi connectivity index (χ0) is 47.1. The second kappa shape index (κ2) is 22.7. The van der Waals surface area contributed by atoms with Gasteiger partial charge in [0.25, 0.3) is 0 Å². The molecule has 0 aliphatic heterocycles. The summed E-state index contributed by atoms with van der Waals surface area (Å²) < 4.78 is 67.5. The van der Waals surface area contributed by atoms with Crippen molar-refractivity contribution in [2.75, 3.05) is 41.9 Å². The van der Waals surface area contributed by atoms with Crippen molar-refractivity contribution in [2.24, 2.45) is 5.73 Å². The molecular weight excluding hydrogens is 829 g/mol. The minimum atomic E-state index is -5.08. The molecule has 4 N–H and O–H groups in total. The maximum absolute atomic E-state index is 12.3. The predicted molar refractivity (Wildman–Crippen MR) is 214 cm³/mol. The minimum absolute atomic E-state index is 0.117. The average molecular weight is 887 g/mol. The van der Waals surface area contributed by atoms with Gasteiger partial charge in [-0.25, -0.2) is 28.8 Å². The van der Waals surface area contributed by atoms with Crippen molar-refractivity contribution in [3.05, 3.63) is 59.7 Å². The molecule has 346 valence electrons. The third kappa shape index (κ3) is 17.2. The fraction of sp³-hybridized carbons (Fsp3) is 0.561. The van der Waals surface area contributed by atoms with Crippen molar-refractivity contribution in [1.29, 1.82) is 0 Å². The molecule has 2 aromatic carbocycles. The Kier molecular flexibility index (Phi) is 19.1. The van der Waals surface area contributed by atoms with Crippen LogP contribution in [0.1, 0.15) is 71.4 Å². The smallest absolute Gasteiger partial charge is 0.490 e. The Morgan fingerprint density at radius 3 is 1.45 bits per heavy atom. The number of carbonyl (C=O) groups excluding carboxylic acids is 5. The molecule has 21 heteroatoms. The van der Waals surface area contributed by atoms with Crippen molar-refractivity contribution in [2.45, 2.75) is 108 Å². The lowest BCUT2D eigenvalue weighted by Crippen LogP contribution is -2.46. The number of amides is 3. The molecule has 18 nitrogen and oxygen atoms in total. The number of rotatable bonds is 15. The van der Waals surface area contributed by atoms with Crippen molar-refractivity contribution >= 4 is 36.2 Å². The van der Waals surface area contributed by atoms with Crippen LogP contribution in [0.3, 0.4) is 0 Å². The number of nitrogens with two attached hydrogens (primary N) is 1.